The maximum atomic E-state index is 11.1. The van der Waals surface area contributed by atoms with Crippen LogP contribution in [0.4, 0.5) is 0 Å². The van der Waals surface area contributed by atoms with Crippen LogP contribution in [0.5, 0.6) is 5.75 Å². The van der Waals surface area contributed by atoms with Crippen LogP contribution in [-0.2, 0) is 9.31 Å². The Morgan fingerprint density at radius 2 is 1.71 bits per heavy atom. The number of carbonyl (C=O) groups excluding carboxylic acids is 1. The Kier molecular flexibility index (Phi) is 4.18. The molecule has 0 amide bonds. The molecule has 0 radical (unpaired) electrons. The van der Waals surface area contributed by atoms with Gasteiger partial charge in [-0.2, -0.15) is 0 Å². The lowest BCUT2D eigenvalue weighted by molar-refractivity contribution is 0.00578. The molecule has 0 saturated carbocycles. The molecule has 114 valence electrons. The summed E-state index contributed by atoms with van der Waals surface area (Å²) in [5, 5.41) is 0. The smallest absolute Gasteiger partial charge is 0.490 e. The zero-order valence-electron chi connectivity index (χ0n) is 13.6. The van der Waals surface area contributed by atoms with E-state index in [0.29, 0.717) is 11.3 Å². The Morgan fingerprint density at radius 3 is 2.19 bits per heavy atom. The highest BCUT2D eigenvalue weighted by Crippen LogP contribution is 2.36. The molecule has 1 heterocycles. The molecular formula is C16H23BO4. The van der Waals surface area contributed by atoms with E-state index in [1.807, 2.05) is 53.7 Å². The molecule has 1 aliphatic rings. The Labute approximate surface area is 126 Å². The molecule has 0 unspecified atom stereocenters. The first-order valence-electron chi connectivity index (χ1n) is 7.28. The van der Waals surface area contributed by atoms with Crippen LogP contribution < -0.4 is 10.2 Å². The lowest BCUT2D eigenvalue weighted by atomic mass is 9.78. The van der Waals surface area contributed by atoms with Gasteiger partial charge in [-0.25, -0.2) is 0 Å². The van der Waals surface area contributed by atoms with Gasteiger partial charge in [0.25, 0.3) is 0 Å². The van der Waals surface area contributed by atoms with E-state index in [9.17, 15) is 4.79 Å². The quantitative estimate of drug-likeness (QED) is 0.631. The van der Waals surface area contributed by atoms with Gasteiger partial charge in [0.15, 0.2) is 6.29 Å². The Hall–Kier alpha value is -1.33. The molecule has 0 spiro atoms. The average Bonchev–Trinajstić information content (AvgIpc) is 2.57. The van der Waals surface area contributed by atoms with Gasteiger partial charge >= 0.3 is 7.12 Å². The maximum Gasteiger partial charge on any atom is 0.494 e. The van der Waals surface area contributed by atoms with Crippen LogP contribution in [0.25, 0.3) is 0 Å². The lowest BCUT2D eigenvalue weighted by Gasteiger charge is -2.32. The molecule has 1 saturated heterocycles. The van der Waals surface area contributed by atoms with Gasteiger partial charge in [-0.3, -0.25) is 4.79 Å². The molecule has 0 bridgehead atoms. The van der Waals surface area contributed by atoms with E-state index in [4.69, 9.17) is 14.0 Å². The molecule has 0 aromatic heterocycles. The van der Waals surface area contributed by atoms with E-state index in [1.165, 1.54) is 0 Å². The van der Waals surface area contributed by atoms with Gasteiger partial charge in [0, 0.05) is 0 Å². The van der Waals surface area contributed by atoms with Crippen molar-refractivity contribution in [2.45, 2.75) is 58.8 Å². The minimum Gasteiger partial charge on any atom is -0.490 e. The van der Waals surface area contributed by atoms with Crippen LogP contribution >= 0.6 is 0 Å². The normalized spacial score (nSPS) is 19.9. The Morgan fingerprint density at radius 1 is 1.14 bits per heavy atom. The highest BCUT2D eigenvalue weighted by molar-refractivity contribution is 6.62. The van der Waals surface area contributed by atoms with Gasteiger partial charge in [-0.05, 0) is 59.1 Å². The number of ether oxygens (including phenoxy) is 1. The second kappa shape index (κ2) is 5.46. The van der Waals surface area contributed by atoms with E-state index in [-0.39, 0.29) is 17.3 Å². The van der Waals surface area contributed by atoms with Crippen molar-refractivity contribution in [1.29, 1.82) is 0 Å². The molecule has 2 rings (SSSR count). The van der Waals surface area contributed by atoms with E-state index in [1.54, 1.807) is 6.07 Å². The van der Waals surface area contributed by atoms with Crippen molar-refractivity contribution >= 4 is 18.9 Å². The van der Waals surface area contributed by atoms with E-state index in [2.05, 4.69) is 0 Å². The molecule has 0 atom stereocenters. The van der Waals surface area contributed by atoms with Gasteiger partial charge in [-0.1, -0.05) is 6.07 Å². The number of hydrogen-bond donors (Lipinski definition) is 0. The van der Waals surface area contributed by atoms with Crippen molar-refractivity contribution in [1.82, 2.24) is 0 Å². The highest BCUT2D eigenvalue weighted by atomic mass is 16.7. The predicted octanol–water partition coefficient (Wildman–Crippen LogP) is 2.59. The number of rotatable bonds is 4. The summed E-state index contributed by atoms with van der Waals surface area (Å²) in [7, 11) is -0.454. The third-order valence-electron chi connectivity index (χ3n) is 4.05. The van der Waals surface area contributed by atoms with Crippen LogP contribution in [0.3, 0.4) is 0 Å². The fourth-order valence-electron chi connectivity index (χ4n) is 2.13. The molecule has 4 nitrogen and oxygen atoms in total. The first-order chi connectivity index (χ1) is 9.66. The molecule has 1 aromatic rings. The largest absolute Gasteiger partial charge is 0.494 e. The molecule has 0 N–H and O–H groups in total. The molecule has 1 fully saturated rings. The first-order valence-corrected chi connectivity index (χ1v) is 7.28. The number of hydrogen-bond acceptors (Lipinski definition) is 4. The van der Waals surface area contributed by atoms with Crippen molar-refractivity contribution in [3.8, 4) is 5.75 Å². The van der Waals surface area contributed by atoms with E-state index in [0.717, 1.165) is 11.7 Å². The van der Waals surface area contributed by atoms with Crippen LogP contribution in [0, 0.1) is 0 Å². The zero-order chi connectivity index (χ0) is 15.8. The monoisotopic (exact) mass is 290 g/mol. The van der Waals surface area contributed by atoms with Crippen molar-refractivity contribution < 1.29 is 18.8 Å². The second-order valence-corrected chi connectivity index (χ2v) is 6.67. The third kappa shape index (κ3) is 3.14. The van der Waals surface area contributed by atoms with Crippen LogP contribution in [0.2, 0.25) is 0 Å². The zero-order valence-corrected chi connectivity index (χ0v) is 13.6. The van der Waals surface area contributed by atoms with Gasteiger partial charge in [-0.15, -0.1) is 0 Å². The Balaban J connectivity index is 2.32. The van der Waals surface area contributed by atoms with Crippen molar-refractivity contribution in [2.75, 3.05) is 0 Å². The molecule has 5 heteroatoms. The number of aldehydes is 1. The maximum absolute atomic E-state index is 11.1. The molecule has 1 aromatic carbocycles. The topological polar surface area (TPSA) is 44.8 Å². The van der Waals surface area contributed by atoms with E-state index >= 15 is 0 Å². The van der Waals surface area contributed by atoms with Crippen LogP contribution in [0.15, 0.2) is 18.2 Å². The van der Waals surface area contributed by atoms with Crippen molar-refractivity contribution in [3.05, 3.63) is 23.8 Å². The van der Waals surface area contributed by atoms with Gasteiger partial charge in [0.05, 0.1) is 22.9 Å². The fourth-order valence-corrected chi connectivity index (χ4v) is 2.13. The van der Waals surface area contributed by atoms with Crippen molar-refractivity contribution in [2.24, 2.45) is 0 Å². The Bertz CT molecular complexity index is 521. The first kappa shape index (κ1) is 16.1. The predicted molar refractivity (Wildman–Crippen MR) is 83.3 cm³/mol. The summed E-state index contributed by atoms with van der Waals surface area (Å²) < 4.78 is 17.7. The van der Waals surface area contributed by atoms with Gasteiger partial charge in [0.2, 0.25) is 0 Å². The SMILES string of the molecule is CC(C)Oc1cc(B2OC(C)(C)C(C)(C)O2)ccc1C=O. The summed E-state index contributed by atoms with van der Waals surface area (Å²) in [6.07, 6.45) is 0.795. The molecule has 21 heavy (non-hydrogen) atoms. The molecule has 1 aliphatic heterocycles. The standard InChI is InChI=1S/C16H23BO4/c1-11(2)19-14-9-13(8-7-12(14)10-18)17-20-15(3,4)16(5,6)21-17/h7-11H,1-6H3. The average molecular weight is 290 g/mol. The fraction of sp³-hybridized carbons (Fsp3) is 0.562. The van der Waals surface area contributed by atoms with E-state index < -0.39 is 7.12 Å². The summed E-state index contributed by atoms with van der Waals surface area (Å²) in [4.78, 5) is 11.1. The van der Waals surface area contributed by atoms with Gasteiger partial charge in [0.1, 0.15) is 5.75 Å². The van der Waals surface area contributed by atoms with Crippen LogP contribution in [0.1, 0.15) is 51.9 Å². The van der Waals surface area contributed by atoms with Gasteiger partial charge < -0.3 is 14.0 Å². The minimum absolute atomic E-state index is 0.00255. The number of benzene rings is 1. The summed E-state index contributed by atoms with van der Waals surface area (Å²) in [6.45, 7) is 11.9. The summed E-state index contributed by atoms with van der Waals surface area (Å²) in [5.74, 6) is 0.562. The second-order valence-electron chi connectivity index (χ2n) is 6.67. The summed E-state index contributed by atoms with van der Waals surface area (Å²) in [6, 6.07) is 5.41. The number of carbonyl (C=O) groups is 1. The minimum atomic E-state index is -0.454. The van der Waals surface area contributed by atoms with Crippen LogP contribution in [-0.4, -0.2) is 30.7 Å². The lowest BCUT2D eigenvalue weighted by Crippen LogP contribution is -2.41. The third-order valence-corrected chi connectivity index (χ3v) is 4.05. The summed E-state index contributed by atoms with van der Waals surface area (Å²) in [5.41, 5.74) is 0.610. The summed E-state index contributed by atoms with van der Waals surface area (Å²) >= 11 is 0. The molecular weight excluding hydrogens is 267 g/mol. The molecule has 0 aliphatic carbocycles. The van der Waals surface area contributed by atoms with Crippen molar-refractivity contribution in [3.63, 3.8) is 0 Å². The highest BCUT2D eigenvalue weighted by Gasteiger charge is 2.51.